The molecule has 0 aliphatic carbocycles. The lowest BCUT2D eigenvalue weighted by atomic mass is 10.0. The Morgan fingerprint density at radius 1 is 1.30 bits per heavy atom. The van der Waals surface area contributed by atoms with Crippen LogP contribution in [0.3, 0.4) is 0 Å². The van der Waals surface area contributed by atoms with Crippen LogP contribution in [0.15, 0.2) is 28.7 Å². The van der Waals surface area contributed by atoms with E-state index in [4.69, 9.17) is 5.73 Å². The second kappa shape index (κ2) is 8.42. The van der Waals surface area contributed by atoms with E-state index in [0.29, 0.717) is 0 Å². The van der Waals surface area contributed by atoms with Crippen LogP contribution in [-0.2, 0) is 4.79 Å². The molecule has 3 nitrogen and oxygen atoms in total. The molecular weight excluding hydrogens is 316 g/mol. The summed E-state index contributed by atoms with van der Waals surface area (Å²) >= 11 is 3.56. The van der Waals surface area contributed by atoms with Gasteiger partial charge in [0, 0.05) is 11.0 Å². The van der Waals surface area contributed by atoms with Gasteiger partial charge in [-0.05, 0) is 31.4 Å². The molecule has 2 N–H and O–H groups in total. The molecule has 4 heteroatoms. The summed E-state index contributed by atoms with van der Waals surface area (Å²) < 4.78 is 1.03. The average Bonchev–Trinajstić information content (AvgIpc) is 2.44. The van der Waals surface area contributed by atoms with Crippen LogP contribution in [0.2, 0.25) is 0 Å². The van der Waals surface area contributed by atoms with E-state index in [-0.39, 0.29) is 11.9 Å². The number of rotatable bonds is 7. The topological polar surface area (TPSA) is 46.3 Å². The molecule has 0 spiro atoms. The number of nitrogens with zero attached hydrogens (tertiary/aromatic N) is 1. The monoisotopic (exact) mass is 340 g/mol. The molecule has 0 heterocycles. The normalized spacial score (nSPS) is 13.8. The fraction of sp³-hybridized carbons (Fsp3) is 0.562. The second-order valence-corrected chi connectivity index (χ2v) is 5.98. The van der Waals surface area contributed by atoms with Gasteiger partial charge < -0.3 is 10.6 Å². The Labute approximate surface area is 130 Å². The predicted molar refractivity (Wildman–Crippen MR) is 87.4 cm³/mol. The minimum atomic E-state index is -0.392. The molecule has 0 saturated heterocycles. The highest BCUT2D eigenvalue weighted by atomic mass is 79.9. The maximum atomic E-state index is 12.5. The lowest BCUT2D eigenvalue weighted by Gasteiger charge is -2.32. The lowest BCUT2D eigenvalue weighted by Crippen LogP contribution is -2.45. The van der Waals surface area contributed by atoms with Crippen molar-refractivity contribution in [3.63, 3.8) is 0 Å². The number of carbonyl (C=O) groups is 1. The van der Waals surface area contributed by atoms with E-state index in [9.17, 15) is 4.79 Å². The zero-order chi connectivity index (χ0) is 15.1. The van der Waals surface area contributed by atoms with Crippen molar-refractivity contribution in [2.75, 3.05) is 6.54 Å². The third kappa shape index (κ3) is 4.32. The molecule has 1 aromatic rings. The van der Waals surface area contributed by atoms with Crippen LogP contribution < -0.4 is 5.73 Å². The zero-order valence-corrected chi connectivity index (χ0v) is 14.2. The molecule has 1 amide bonds. The minimum Gasteiger partial charge on any atom is -0.335 e. The van der Waals surface area contributed by atoms with Crippen molar-refractivity contribution in [2.45, 2.75) is 52.1 Å². The maximum Gasteiger partial charge on any atom is 0.239 e. The predicted octanol–water partition coefficient (Wildman–Crippen LogP) is 3.88. The van der Waals surface area contributed by atoms with Crippen LogP contribution in [0, 0.1) is 0 Å². The van der Waals surface area contributed by atoms with Gasteiger partial charge in [0.05, 0.1) is 12.1 Å². The number of carbonyl (C=O) groups excluding carboxylic acids is 1. The molecule has 2 atom stereocenters. The number of hydrogen-bond donors (Lipinski definition) is 1. The van der Waals surface area contributed by atoms with Crippen LogP contribution in [0.5, 0.6) is 0 Å². The lowest BCUT2D eigenvalue weighted by molar-refractivity contribution is -0.135. The number of nitrogens with two attached hydrogens (primary N) is 1. The summed E-state index contributed by atoms with van der Waals surface area (Å²) in [6, 6.07) is 7.67. The Hall–Kier alpha value is -0.870. The van der Waals surface area contributed by atoms with Crippen LogP contribution >= 0.6 is 15.9 Å². The Bertz CT molecular complexity index is 436. The molecule has 1 aromatic carbocycles. The maximum absolute atomic E-state index is 12.5. The van der Waals surface area contributed by atoms with Crippen LogP contribution in [0.1, 0.15) is 51.6 Å². The van der Waals surface area contributed by atoms with E-state index in [0.717, 1.165) is 35.8 Å². The molecule has 0 aliphatic rings. The van der Waals surface area contributed by atoms with Crippen molar-refractivity contribution < 1.29 is 4.79 Å². The van der Waals surface area contributed by atoms with E-state index >= 15 is 0 Å². The summed E-state index contributed by atoms with van der Waals surface area (Å²) in [7, 11) is 0. The van der Waals surface area contributed by atoms with Gasteiger partial charge in [-0.1, -0.05) is 54.4 Å². The van der Waals surface area contributed by atoms with Gasteiger partial charge in [-0.15, -0.1) is 0 Å². The molecule has 0 aromatic heterocycles. The van der Waals surface area contributed by atoms with E-state index in [2.05, 4.69) is 42.8 Å². The molecule has 0 fully saturated rings. The van der Waals surface area contributed by atoms with Gasteiger partial charge in [0.25, 0.3) is 0 Å². The van der Waals surface area contributed by atoms with Crippen molar-refractivity contribution in [3.8, 4) is 0 Å². The van der Waals surface area contributed by atoms with Crippen molar-refractivity contribution in [1.82, 2.24) is 4.90 Å². The van der Waals surface area contributed by atoms with Crippen molar-refractivity contribution >= 4 is 21.8 Å². The molecule has 112 valence electrons. The van der Waals surface area contributed by atoms with Gasteiger partial charge in [0.2, 0.25) is 5.91 Å². The van der Waals surface area contributed by atoms with Crippen molar-refractivity contribution in [2.24, 2.45) is 5.73 Å². The molecular formula is C16H25BrN2O. The Balaban J connectivity index is 2.95. The largest absolute Gasteiger partial charge is 0.335 e. The third-order valence-corrected chi connectivity index (χ3v) is 4.21. The van der Waals surface area contributed by atoms with Gasteiger partial charge in [0.15, 0.2) is 0 Å². The van der Waals surface area contributed by atoms with Crippen LogP contribution in [0.25, 0.3) is 0 Å². The first-order chi connectivity index (χ1) is 9.52. The fourth-order valence-electron chi connectivity index (χ4n) is 2.36. The first kappa shape index (κ1) is 17.2. The minimum absolute atomic E-state index is 0.0286. The Morgan fingerprint density at radius 2 is 1.95 bits per heavy atom. The van der Waals surface area contributed by atoms with E-state index in [1.54, 1.807) is 0 Å². The molecule has 2 unspecified atom stereocenters. The molecule has 0 aliphatic heterocycles. The Morgan fingerprint density at radius 3 is 2.50 bits per heavy atom. The Kier molecular flexibility index (Phi) is 7.24. The third-order valence-electron chi connectivity index (χ3n) is 3.49. The van der Waals surface area contributed by atoms with Crippen LogP contribution in [-0.4, -0.2) is 23.4 Å². The standard InChI is InChI=1S/C16H25BrN2O/c1-4-8-15(18)16(20)19(11-5-2)12(3)13-9-6-7-10-14(13)17/h6-7,9-10,12,15H,4-5,8,11,18H2,1-3H3. The van der Waals surface area contributed by atoms with E-state index in [1.807, 2.05) is 23.1 Å². The van der Waals surface area contributed by atoms with Crippen LogP contribution in [0.4, 0.5) is 0 Å². The second-order valence-electron chi connectivity index (χ2n) is 5.12. The van der Waals surface area contributed by atoms with E-state index < -0.39 is 6.04 Å². The molecule has 0 radical (unpaired) electrons. The summed E-state index contributed by atoms with van der Waals surface area (Å²) in [6.07, 6.45) is 2.59. The number of benzene rings is 1. The highest BCUT2D eigenvalue weighted by molar-refractivity contribution is 9.10. The molecule has 0 bridgehead atoms. The molecule has 1 rings (SSSR count). The smallest absolute Gasteiger partial charge is 0.239 e. The number of halogens is 1. The summed E-state index contributed by atoms with van der Waals surface area (Å²) in [4.78, 5) is 14.4. The average molecular weight is 341 g/mol. The quantitative estimate of drug-likeness (QED) is 0.818. The summed E-state index contributed by atoms with van der Waals surface area (Å²) in [5, 5.41) is 0. The number of hydrogen-bond acceptors (Lipinski definition) is 2. The first-order valence-corrected chi connectivity index (χ1v) is 8.12. The van der Waals surface area contributed by atoms with Gasteiger partial charge >= 0.3 is 0 Å². The fourth-order valence-corrected chi connectivity index (χ4v) is 2.98. The van der Waals surface area contributed by atoms with Gasteiger partial charge in [-0.2, -0.15) is 0 Å². The first-order valence-electron chi connectivity index (χ1n) is 7.33. The highest BCUT2D eigenvalue weighted by Gasteiger charge is 2.25. The zero-order valence-electron chi connectivity index (χ0n) is 12.6. The van der Waals surface area contributed by atoms with E-state index in [1.165, 1.54) is 0 Å². The van der Waals surface area contributed by atoms with Gasteiger partial charge in [0.1, 0.15) is 0 Å². The molecule has 20 heavy (non-hydrogen) atoms. The molecule has 0 saturated carbocycles. The van der Waals surface area contributed by atoms with Crippen molar-refractivity contribution in [3.05, 3.63) is 34.3 Å². The van der Waals surface area contributed by atoms with Gasteiger partial charge in [-0.3, -0.25) is 4.79 Å². The highest BCUT2D eigenvalue weighted by Crippen LogP contribution is 2.28. The van der Waals surface area contributed by atoms with Gasteiger partial charge in [-0.25, -0.2) is 0 Å². The summed E-state index contributed by atoms with van der Waals surface area (Å²) in [5.74, 6) is 0.0527. The number of amides is 1. The van der Waals surface area contributed by atoms with Crippen molar-refractivity contribution in [1.29, 1.82) is 0 Å². The SMILES string of the molecule is CCCC(N)C(=O)N(CCC)C(C)c1ccccc1Br. The summed E-state index contributed by atoms with van der Waals surface area (Å²) in [5.41, 5.74) is 7.13. The summed E-state index contributed by atoms with van der Waals surface area (Å²) in [6.45, 7) is 6.93.